The lowest BCUT2D eigenvalue weighted by atomic mass is 10.2. The van der Waals surface area contributed by atoms with Gasteiger partial charge >= 0.3 is 0 Å². The Morgan fingerprint density at radius 1 is 1.47 bits per heavy atom. The van der Waals surface area contributed by atoms with E-state index in [1.165, 1.54) is 6.20 Å². The van der Waals surface area contributed by atoms with Crippen LogP contribution in [-0.2, 0) is 15.6 Å². The Kier molecular flexibility index (Phi) is 4.16. The molecule has 0 aromatic carbocycles. The summed E-state index contributed by atoms with van der Waals surface area (Å²) in [7, 11) is 1.51. The van der Waals surface area contributed by atoms with Crippen LogP contribution in [0.4, 0.5) is 0 Å². The Balaban J connectivity index is 2.78. The molecule has 0 N–H and O–H groups in total. The van der Waals surface area contributed by atoms with E-state index in [1.807, 2.05) is 4.57 Å². The van der Waals surface area contributed by atoms with Gasteiger partial charge in [0.05, 0.1) is 0 Å². The van der Waals surface area contributed by atoms with E-state index >= 15 is 0 Å². The zero-order chi connectivity index (χ0) is 11.5. The molecule has 15 heavy (non-hydrogen) atoms. The number of nitrogens with zero attached hydrogens (tertiary/aromatic N) is 2. The number of hydrogen-bond donors (Lipinski definition) is 0. The number of halogens is 1. The van der Waals surface area contributed by atoms with Gasteiger partial charge in [0.25, 0.3) is 9.05 Å². The van der Waals surface area contributed by atoms with Crippen molar-refractivity contribution in [1.82, 2.24) is 9.55 Å². The highest BCUT2D eigenvalue weighted by Crippen LogP contribution is 2.14. The summed E-state index contributed by atoms with van der Waals surface area (Å²) in [6, 6.07) is 0. The van der Waals surface area contributed by atoms with E-state index in [9.17, 15) is 8.42 Å². The smallest absolute Gasteiger partial charge is 0.280 e. The number of aryl methyl sites for hydroxylation is 2. The van der Waals surface area contributed by atoms with Gasteiger partial charge in [-0.3, -0.25) is 0 Å². The largest absolute Gasteiger partial charge is 0.334 e. The van der Waals surface area contributed by atoms with Gasteiger partial charge in [0, 0.05) is 23.4 Å². The second kappa shape index (κ2) is 4.99. The second-order valence-corrected chi connectivity index (χ2v) is 5.98. The minimum Gasteiger partial charge on any atom is -0.334 e. The van der Waals surface area contributed by atoms with Crippen LogP contribution in [0, 0.1) is 6.92 Å². The maximum Gasteiger partial charge on any atom is 0.280 e. The molecule has 86 valence electrons. The highest BCUT2D eigenvalue weighted by Gasteiger charge is 2.15. The standard InChI is InChI=1S/C9H15ClN2O2S/c1-3-4-5-6-12-7-9(11-8(12)2)15(10,13)14/h7H,3-6H2,1-2H3. The van der Waals surface area contributed by atoms with E-state index in [2.05, 4.69) is 11.9 Å². The van der Waals surface area contributed by atoms with E-state index in [1.54, 1.807) is 6.92 Å². The van der Waals surface area contributed by atoms with Crippen molar-refractivity contribution in [2.75, 3.05) is 0 Å². The molecule has 0 amide bonds. The molecule has 0 unspecified atom stereocenters. The molecule has 0 spiro atoms. The molecule has 1 aromatic rings. The van der Waals surface area contributed by atoms with E-state index < -0.39 is 9.05 Å². The maximum absolute atomic E-state index is 11.0. The predicted molar refractivity (Wildman–Crippen MR) is 59.5 cm³/mol. The van der Waals surface area contributed by atoms with Crippen LogP contribution < -0.4 is 0 Å². The first kappa shape index (κ1) is 12.5. The third kappa shape index (κ3) is 3.50. The lowest BCUT2D eigenvalue weighted by Gasteiger charge is -2.02. The van der Waals surface area contributed by atoms with Crippen LogP contribution in [0.5, 0.6) is 0 Å². The fraction of sp³-hybridized carbons (Fsp3) is 0.667. The quantitative estimate of drug-likeness (QED) is 0.595. The Hall–Kier alpha value is -0.550. The van der Waals surface area contributed by atoms with Gasteiger partial charge in [0.2, 0.25) is 0 Å². The van der Waals surface area contributed by atoms with Crippen molar-refractivity contribution in [3.8, 4) is 0 Å². The molecule has 0 atom stereocenters. The van der Waals surface area contributed by atoms with Gasteiger partial charge in [-0.2, -0.15) is 0 Å². The summed E-state index contributed by atoms with van der Waals surface area (Å²) >= 11 is 0. The highest BCUT2D eigenvalue weighted by molar-refractivity contribution is 8.13. The van der Waals surface area contributed by atoms with E-state index in [4.69, 9.17) is 10.7 Å². The molecular weight excluding hydrogens is 236 g/mol. The molecule has 0 aliphatic heterocycles. The number of hydrogen-bond acceptors (Lipinski definition) is 3. The topological polar surface area (TPSA) is 52.0 Å². The molecule has 6 heteroatoms. The minimum absolute atomic E-state index is 0.0573. The number of imidazole rings is 1. The summed E-state index contributed by atoms with van der Waals surface area (Å²) in [5.74, 6) is 0.685. The molecule has 0 aliphatic rings. The van der Waals surface area contributed by atoms with Gasteiger partial charge in [0.15, 0.2) is 5.03 Å². The van der Waals surface area contributed by atoms with Gasteiger partial charge < -0.3 is 4.57 Å². The molecule has 0 aliphatic carbocycles. The van der Waals surface area contributed by atoms with Crippen molar-refractivity contribution in [3.63, 3.8) is 0 Å². The molecule has 1 aromatic heterocycles. The van der Waals surface area contributed by atoms with E-state index in [0.717, 1.165) is 25.8 Å². The maximum atomic E-state index is 11.0. The van der Waals surface area contributed by atoms with Crippen molar-refractivity contribution in [1.29, 1.82) is 0 Å². The van der Waals surface area contributed by atoms with E-state index in [-0.39, 0.29) is 5.03 Å². The van der Waals surface area contributed by atoms with Gasteiger partial charge in [-0.25, -0.2) is 13.4 Å². The molecule has 0 bridgehead atoms. The van der Waals surface area contributed by atoms with Crippen molar-refractivity contribution in [2.24, 2.45) is 0 Å². The molecule has 0 saturated carbocycles. The highest BCUT2D eigenvalue weighted by atomic mass is 35.7. The summed E-state index contributed by atoms with van der Waals surface area (Å²) < 4.78 is 23.9. The summed E-state index contributed by atoms with van der Waals surface area (Å²) in [5.41, 5.74) is 0. The molecule has 1 heterocycles. The van der Waals surface area contributed by atoms with Gasteiger partial charge in [0.1, 0.15) is 5.82 Å². The molecule has 0 radical (unpaired) electrons. The van der Waals surface area contributed by atoms with Gasteiger partial charge in [-0.05, 0) is 13.3 Å². The normalized spacial score (nSPS) is 11.9. The average molecular weight is 251 g/mol. The van der Waals surface area contributed by atoms with Crippen LogP contribution in [0.1, 0.15) is 32.0 Å². The van der Waals surface area contributed by atoms with Crippen molar-refractivity contribution >= 4 is 19.7 Å². The Morgan fingerprint density at radius 3 is 2.60 bits per heavy atom. The van der Waals surface area contributed by atoms with Crippen LogP contribution in [0.15, 0.2) is 11.2 Å². The summed E-state index contributed by atoms with van der Waals surface area (Å²) in [5, 5.41) is -0.0573. The minimum atomic E-state index is -3.69. The third-order valence-electron chi connectivity index (χ3n) is 2.21. The Labute approximate surface area is 94.7 Å². The molecule has 0 saturated heterocycles. The lowest BCUT2D eigenvalue weighted by molar-refractivity contribution is 0.589. The van der Waals surface area contributed by atoms with Gasteiger partial charge in [-0.1, -0.05) is 19.8 Å². The van der Waals surface area contributed by atoms with Crippen LogP contribution in [-0.4, -0.2) is 18.0 Å². The van der Waals surface area contributed by atoms with Crippen LogP contribution >= 0.6 is 10.7 Å². The molecule has 0 fully saturated rings. The van der Waals surface area contributed by atoms with Crippen molar-refractivity contribution in [3.05, 3.63) is 12.0 Å². The predicted octanol–water partition coefficient (Wildman–Crippen LogP) is 2.31. The zero-order valence-corrected chi connectivity index (χ0v) is 10.5. The fourth-order valence-electron chi connectivity index (χ4n) is 1.36. The monoisotopic (exact) mass is 250 g/mol. The molecule has 4 nitrogen and oxygen atoms in total. The molecular formula is C9H15ClN2O2S. The first-order valence-electron chi connectivity index (χ1n) is 4.93. The zero-order valence-electron chi connectivity index (χ0n) is 8.90. The average Bonchev–Trinajstić information content (AvgIpc) is 2.48. The summed E-state index contributed by atoms with van der Waals surface area (Å²) in [6.45, 7) is 4.69. The van der Waals surface area contributed by atoms with Crippen molar-refractivity contribution < 1.29 is 8.42 Å². The molecule has 1 rings (SSSR count). The number of aromatic nitrogens is 2. The summed E-state index contributed by atoms with van der Waals surface area (Å²) in [4.78, 5) is 3.90. The van der Waals surface area contributed by atoms with Gasteiger partial charge in [-0.15, -0.1) is 0 Å². The Bertz CT molecular complexity index is 425. The second-order valence-electron chi connectivity index (χ2n) is 3.46. The van der Waals surface area contributed by atoms with Crippen molar-refractivity contribution in [2.45, 2.75) is 44.7 Å². The summed E-state index contributed by atoms with van der Waals surface area (Å²) in [6.07, 6.45) is 4.78. The lowest BCUT2D eigenvalue weighted by Crippen LogP contribution is -1.98. The SMILES string of the molecule is CCCCCn1cc(S(=O)(=O)Cl)nc1C. The first-order valence-corrected chi connectivity index (χ1v) is 7.24. The first-order chi connectivity index (χ1) is 6.95. The third-order valence-corrected chi connectivity index (χ3v) is 3.38. The number of rotatable bonds is 5. The van der Waals surface area contributed by atoms with Crippen LogP contribution in [0.2, 0.25) is 0 Å². The van der Waals surface area contributed by atoms with E-state index in [0.29, 0.717) is 5.82 Å². The van der Waals surface area contributed by atoms with Crippen LogP contribution in [0.25, 0.3) is 0 Å². The van der Waals surface area contributed by atoms with Crippen LogP contribution in [0.3, 0.4) is 0 Å². The fourth-order valence-corrected chi connectivity index (χ4v) is 2.07. The Morgan fingerprint density at radius 2 is 2.13 bits per heavy atom. The number of unbranched alkanes of at least 4 members (excludes halogenated alkanes) is 2.